The smallest absolute Gasteiger partial charge is 0.269 e. The maximum atomic E-state index is 9.89. The molecule has 0 saturated carbocycles. The van der Waals surface area contributed by atoms with Crippen LogP contribution in [0, 0.1) is 6.33 Å². The number of benzene rings is 9. The summed E-state index contributed by atoms with van der Waals surface area (Å²) < 4.78 is 133. The average molecular weight is 956 g/mol. The van der Waals surface area contributed by atoms with Crippen molar-refractivity contribution in [2.75, 3.05) is 0 Å². The Balaban J connectivity index is 1.13. The molecule has 0 atom stereocenters. The molecule has 5 nitrogen and oxygen atoms in total. The Morgan fingerprint density at radius 1 is 0.479 bits per heavy atom. The number of fused-ring (bicyclic) bond motifs is 10. The third-order valence-electron chi connectivity index (χ3n) is 13.8. The molecule has 0 unspecified atom stereocenters. The number of rotatable bonds is 6. The molecular formula is C68H54N4O. The number of nitrogens with zero attached hydrogens (tertiary/aromatic N) is 4. The van der Waals surface area contributed by atoms with Gasteiger partial charge in [-0.2, -0.15) is 0 Å². The van der Waals surface area contributed by atoms with Crippen LogP contribution in [0.4, 0.5) is 0 Å². The number of hydrogen-bond donors (Lipinski definition) is 0. The Morgan fingerprint density at radius 2 is 1.12 bits per heavy atom. The highest BCUT2D eigenvalue weighted by Crippen LogP contribution is 2.46. The monoisotopic (exact) mass is 956 g/mol. The molecule has 3 aromatic heterocycles. The molecular weight excluding hydrogens is 889 g/mol. The van der Waals surface area contributed by atoms with Gasteiger partial charge < -0.3 is 4.74 Å². The topological polar surface area (TPSA) is 35.9 Å². The van der Waals surface area contributed by atoms with Gasteiger partial charge in [0.25, 0.3) is 6.33 Å². The fraction of sp³-hybridized carbons (Fsp3) is 0.118. The summed E-state index contributed by atoms with van der Waals surface area (Å²) in [6.07, 6.45) is 5.41. The third kappa shape index (κ3) is 7.54. The lowest BCUT2D eigenvalue weighted by molar-refractivity contribution is -0.570. The normalized spacial score (nSPS) is 14.7. The van der Waals surface area contributed by atoms with Gasteiger partial charge in [0.1, 0.15) is 17.3 Å². The predicted molar refractivity (Wildman–Crippen MR) is 300 cm³/mol. The molecule has 5 heteroatoms. The Hall–Kier alpha value is -8.80. The SMILES string of the molecule is [2H]c1c([2H])c([2H])c(-c2cccc3c2-[n+]2[c-]n(-c4cccc(Oc5ccc6c7ccccc7n(-c7cc(C(C)(C)C)ccn7)c6c5)c4)c4cc(-c5ccc(C(C)(C)C)cc5)cc(c42)-c2c([2H])c([2H])c([2H])c([2H])c2-c2c([2H])c([2H])c([2H])c([2H])c2-3)c([2H])c1[2H]. The molecule has 12 aromatic rings. The van der Waals surface area contributed by atoms with Crippen molar-refractivity contribution in [2.24, 2.45) is 0 Å². The van der Waals surface area contributed by atoms with Gasteiger partial charge in [-0.15, -0.1) is 0 Å². The minimum Gasteiger partial charge on any atom is -0.458 e. The first kappa shape index (κ1) is 32.2. The first-order chi connectivity index (χ1) is 40.8. The van der Waals surface area contributed by atoms with Crippen molar-refractivity contribution in [3.8, 4) is 84.3 Å². The molecule has 0 aliphatic carbocycles. The first-order valence-electron chi connectivity index (χ1n) is 30.7. The Bertz CT molecular complexity index is 4890. The predicted octanol–water partition coefficient (Wildman–Crippen LogP) is 17.2. The maximum absolute atomic E-state index is 9.89. The van der Waals surface area contributed by atoms with E-state index in [1.165, 1.54) is 0 Å². The standard InChI is InChI=1S/C68H54N4O/c1-67(2,3)47-32-30-44(31-33-47)46-38-60-56-25-13-11-23-54(56)53-22-10-12-24-55(53)59-28-17-27-52(45-18-8-7-9-19-45)65(59)71-43-70(63(39-46)66(60)71)49-20-16-21-50(41-49)73-51-34-35-58-57-26-14-15-29-61(57)72(62(58)42-51)64-40-48(36-37-69-64)68(4,5)6/h7-42H,1-6H3/i7D,8D,9D,10D,11D,12D,13D,18D,19D,22D,23D,24D,25D. The molecule has 4 heterocycles. The van der Waals surface area contributed by atoms with Crippen LogP contribution in [-0.2, 0) is 10.8 Å². The van der Waals surface area contributed by atoms with Crippen LogP contribution in [-0.4, -0.2) is 14.1 Å². The van der Waals surface area contributed by atoms with Crippen LogP contribution >= 0.6 is 0 Å². The van der Waals surface area contributed by atoms with E-state index in [0.717, 1.165) is 44.3 Å². The van der Waals surface area contributed by atoms with Gasteiger partial charge in [0.05, 0.1) is 51.3 Å². The van der Waals surface area contributed by atoms with Gasteiger partial charge in [-0.3, -0.25) is 13.7 Å². The molecule has 0 amide bonds. The Morgan fingerprint density at radius 3 is 1.86 bits per heavy atom. The molecule has 0 spiro atoms. The van der Waals surface area contributed by atoms with Gasteiger partial charge in [0.2, 0.25) is 0 Å². The molecule has 13 rings (SSSR count). The fourth-order valence-corrected chi connectivity index (χ4v) is 10.2. The van der Waals surface area contributed by atoms with Crippen molar-refractivity contribution in [2.45, 2.75) is 52.4 Å². The number of para-hydroxylation sites is 2. The second-order valence-corrected chi connectivity index (χ2v) is 20.5. The van der Waals surface area contributed by atoms with E-state index in [2.05, 4.69) is 70.6 Å². The summed E-state index contributed by atoms with van der Waals surface area (Å²) in [7, 11) is 0. The maximum Gasteiger partial charge on any atom is 0.269 e. The van der Waals surface area contributed by atoms with Crippen molar-refractivity contribution in [1.82, 2.24) is 14.1 Å². The minimum atomic E-state index is -0.649. The first-order valence-corrected chi connectivity index (χ1v) is 24.2. The van der Waals surface area contributed by atoms with Crippen LogP contribution in [0.1, 0.15) is 70.5 Å². The summed E-state index contributed by atoms with van der Waals surface area (Å²) in [6, 6.07) is 34.6. The fourth-order valence-electron chi connectivity index (χ4n) is 10.2. The summed E-state index contributed by atoms with van der Waals surface area (Å²) >= 11 is 0. The highest BCUT2D eigenvalue weighted by Gasteiger charge is 2.28. The van der Waals surface area contributed by atoms with E-state index >= 15 is 0 Å². The van der Waals surface area contributed by atoms with Crippen LogP contribution in [0.5, 0.6) is 11.5 Å². The van der Waals surface area contributed by atoms with Gasteiger partial charge in [-0.05, 0) is 132 Å². The molecule has 0 fully saturated rings. The van der Waals surface area contributed by atoms with E-state index in [0.29, 0.717) is 28.3 Å². The number of pyridine rings is 1. The summed E-state index contributed by atoms with van der Waals surface area (Å²) in [6.45, 7) is 12.8. The highest BCUT2D eigenvalue weighted by molar-refractivity contribution is 6.09. The molecule has 1 aliphatic heterocycles. The van der Waals surface area contributed by atoms with E-state index in [1.807, 2.05) is 97.2 Å². The van der Waals surface area contributed by atoms with Crippen molar-refractivity contribution in [1.29, 1.82) is 0 Å². The van der Waals surface area contributed by atoms with Crippen LogP contribution in [0.2, 0.25) is 0 Å². The zero-order valence-corrected chi connectivity index (χ0v) is 41.0. The molecule has 352 valence electrons. The molecule has 0 bridgehead atoms. The zero-order chi connectivity index (χ0) is 60.9. The molecule has 9 aromatic carbocycles. The Kier molecular flexibility index (Phi) is 7.47. The van der Waals surface area contributed by atoms with Gasteiger partial charge in [-0.1, -0.05) is 193 Å². The van der Waals surface area contributed by atoms with Crippen LogP contribution in [0.3, 0.4) is 0 Å². The summed E-state index contributed by atoms with van der Waals surface area (Å²) in [5.41, 5.74) is 5.91. The van der Waals surface area contributed by atoms with Crippen molar-refractivity contribution >= 4 is 32.8 Å². The summed E-state index contributed by atoms with van der Waals surface area (Å²) in [5, 5.41) is 2.05. The number of imidazole rings is 1. The van der Waals surface area contributed by atoms with Crippen LogP contribution < -0.4 is 9.30 Å². The van der Waals surface area contributed by atoms with E-state index in [9.17, 15) is 9.60 Å². The third-order valence-corrected chi connectivity index (χ3v) is 13.8. The van der Waals surface area contributed by atoms with Crippen LogP contribution in [0.15, 0.2) is 218 Å². The molecule has 0 N–H and O–H groups in total. The van der Waals surface area contributed by atoms with Gasteiger partial charge in [-0.25, -0.2) is 4.98 Å². The molecule has 73 heavy (non-hydrogen) atoms. The lowest BCUT2D eigenvalue weighted by Crippen LogP contribution is -2.32. The van der Waals surface area contributed by atoms with Gasteiger partial charge >= 0.3 is 0 Å². The number of aromatic nitrogens is 4. The van der Waals surface area contributed by atoms with Gasteiger partial charge in [0.15, 0.2) is 0 Å². The van der Waals surface area contributed by atoms with Crippen molar-refractivity contribution < 1.29 is 27.1 Å². The molecule has 0 saturated heterocycles. The van der Waals surface area contributed by atoms with E-state index in [-0.39, 0.29) is 66.5 Å². The largest absolute Gasteiger partial charge is 0.458 e. The van der Waals surface area contributed by atoms with E-state index in [1.54, 1.807) is 33.4 Å². The van der Waals surface area contributed by atoms with Crippen LogP contribution in [0.25, 0.3) is 106 Å². The minimum absolute atomic E-state index is 0.0669. The lowest BCUT2D eigenvalue weighted by Gasteiger charge is -2.20. The van der Waals surface area contributed by atoms with E-state index < -0.39 is 78.6 Å². The number of hydrogen-bond acceptors (Lipinski definition) is 2. The zero-order valence-electron chi connectivity index (χ0n) is 54.0. The molecule has 0 radical (unpaired) electrons. The average Bonchev–Trinajstić information content (AvgIpc) is 1.55. The van der Waals surface area contributed by atoms with Gasteiger partial charge in [0, 0.05) is 23.0 Å². The quantitative estimate of drug-likeness (QED) is 0.123. The number of ether oxygens (including phenoxy) is 1. The van der Waals surface area contributed by atoms with E-state index in [4.69, 9.17) is 17.9 Å². The summed E-state index contributed by atoms with van der Waals surface area (Å²) in [4.78, 5) is 4.87. The molecule has 1 aliphatic rings. The second kappa shape index (κ2) is 16.9. The highest BCUT2D eigenvalue weighted by atomic mass is 16.5. The lowest BCUT2D eigenvalue weighted by atomic mass is 9.85. The second-order valence-electron chi connectivity index (χ2n) is 20.5. The Labute approximate surface area is 445 Å². The van der Waals surface area contributed by atoms with Crippen molar-refractivity contribution in [3.05, 3.63) is 236 Å². The summed E-state index contributed by atoms with van der Waals surface area (Å²) in [5.74, 6) is 1.71. The van der Waals surface area contributed by atoms with Crippen molar-refractivity contribution in [3.63, 3.8) is 0 Å².